The minimum Gasteiger partial charge on any atom is -0.352 e. The SMILES string of the molecule is CC(=O)NCc1ccc(C(=O)N2CCCC3CCCC32)cc1. The molecule has 1 N–H and O–H groups in total. The van der Waals surface area contributed by atoms with Crippen molar-refractivity contribution in [3.05, 3.63) is 35.4 Å². The summed E-state index contributed by atoms with van der Waals surface area (Å²) < 4.78 is 0. The first kappa shape index (κ1) is 15.1. The highest BCUT2D eigenvalue weighted by Crippen LogP contribution is 2.37. The van der Waals surface area contributed by atoms with E-state index in [9.17, 15) is 9.59 Å². The van der Waals surface area contributed by atoms with Crippen LogP contribution < -0.4 is 5.32 Å². The number of likely N-dealkylation sites (tertiary alicyclic amines) is 1. The number of carbonyl (C=O) groups excluding carboxylic acids is 2. The van der Waals surface area contributed by atoms with Crippen LogP contribution in [0.2, 0.25) is 0 Å². The maximum absolute atomic E-state index is 12.8. The molecule has 0 aromatic heterocycles. The van der Waals surface area contributed by atoms with E-state index in [1.807, 2.05) is 24.3 Å². The molecule has 1 aromatic carbocycles. The molecule has 2 atom stereocenters. The van der Waals surface area contributed by atoms with E-state index in [1.165, 1.54) is 26.2 Å². The predicted octanol–water partition coefficient (Wildman–Crippen LogP) is 2.73. The Morgan fingerprint density at radius 1 is 1.14 bits per heavy atom. The van der Waals surface area contributed by atoms with Gasteiger partial charge in [-0.05, 0) is 49.3 Å². The Morgan fingerprint density at radius 3 is 2.59 bits per heavy atom. The van der Waals surface area contributed by atoms with Crippen molar-refractivity contribution < 1.29 is 9.59 Å². The Balaban J connectivity index is 1.67. The van der Waals surface area contributed by atoms with Crippen molar-refractivity contribution in [2.45, 2.75) is 51.6 Å². The number of nitrogens with zero attached hydrogens (tertiary/aromatic N) is 1. The Bertz CT molecular complexity index is 553. The summed E-state index contributed by atoms with van der Waals surface area (Å²) in [6.45, 7) is 2.91. The first-order chi connectivity index (χ1) is 10.6. The van der Waals surface area contributed by atoms with Crippen molar-refractivity contribution in [3.8, 4) is 0 Å². The van der Waals surface area contributed by atoms with Crippen molar-refractivity contribution >= 4 is 11.8 Å². The fraction of sp³-hybridized carbons (Fsp3) is 0.556. The average molecular weight is 300 g/mol. The number of fused-ring (bicyclic) bond motifs is 1. The molecule has 2 unspecified atom stereocenters. The lowest BCUT2D eigenvalue weighted by molar-refractivity contribution is -0.119. The van der Waals surface area contributed by atoms with Gasteiger partial charge >= 0.3 is 0 Å². The van der Waals surface area contributed by atoms with E-state index in [1.54, 1.807) is 0 Å². The van der Waals surface area contributed by atoms with Gasteiger partial charge in [0.15, 0.2) is 0 Å². The normalized spacial score (nSPS) is 24.0. The van der Waals surface area contributed by atoms with E-state index in [-0.39, 0.29) is 11.8 Å². The molecule has 2 aliphatic rings. The predicted molar refractivity (Wildman–Crippen MR) is 85.4 cm³/mol. The number of nitrogens with one attached hydrogen (secondary N) is 1. The van der Waals surface area contributed by atoms with Gasteiger partial charge in [-0.25, -0.2) is 0 Å². The van der Waals surface area contributed by atoms with E-state index in [0.29, 0.717) is 12.6 Å². The lowest BCUT2D eigenvalue weighted by Gasteiger charge is -2.37. The number of hydrogen-bond acceptors (Lipinski definition) is 2. The van der Waals surface area contributed by atoms with Gasteiger partial charge in [-0.2, -0.15) is 0 Å². The van der Waals surface area contributed by atoms with Gasteiger partial charge in [-0.3, -0.25) is 9.59 Å². The minimum atomic E-state index is -0.0410. The lowest BCUT2D eigenvalue weighted by Crippen LogP contribution is -2.46. The number of rotatable bonds is 3. The van der Waals surface area contributed by atoms with Crippen LogP contribution in [-0.2, 0) is 11.3 Å². The third-order valence-electron chi connectivity index (χ3n) is 5.00. The molecule has 1 aromatic rings. The van der Waals surface area contributed by atoms with Crippen LogP contribution in [0.1, 0.15) is 54.9 Å². The molecule has 2 amide bonds. The Kier molecular flexibility index (Phi) is 4.46. The maximum atomic E-state index is 12.8. The Labute approximate surface area is 131 Å². The zero-order chi connectivity index (χ0) is 15.5. The monoisotopic (exact) mass is 300 g/mol. The molecule has 1 heterocycles. The van der Waals surface area contributed by atoms with Gasteiger partial charge in [-0.15, -0.1) is 0 Å². The fourth-order valence-corrected chi connectivity index (χ4v) is 3.86. The molecule has 1 saturated heterocycles. The highest BCUT2D eigenvalue weighted by molar-refractivity contribution is 5.94. The fourth-order valence-electron chi connectivity index (χ4n) is 3.86. The van der Waals surface area contributed by atoms with E-state index in [4.69, 9.17) is 0 Å². The third kappa shape index (κ3) is 3.16. The number of carbonyl (C=O) groups is 2. The lowest BCUT2D eigenvalue weighted by atomic mass is 9.91. The second kappa shape index (κ2) is 6.51. The summed E-state index contributed by atoms with van der Waals surface area (Å²) >= 11 is 0. The van der Waals surface area contributed by atoms with Gasteiger partial charge in [0.2, 0.25) is 5.91 Å². The second-order valence-corrected chi connectivity index (χ2v) is 6.51. The molecule has 1 aliphatic carbocycles. The summed E-state index contributed by atoms with van der Waals surface area (Å²) in [6.07, 6.45) is 6.12. The third-order valence-corrected chi connectivity index (χ3v) is 5.00. The quantitative estimate of drug-likeness (QED) is 0.933. The molecule has 22 heavy (non-hydrogen) atoms. The summed E-state index contributed by atoms with van der Waals surface area (Å²) in [5.41, 5.74) is 1.78. The average Bonchev–Trinajstić information content (AvgIpc) is 3.01. The summed E-state index contributed by atoms with van der Waals surface area (Å²) in [5.74, 6) is 0.847. The van der Waals surface area contributed by atoms with Crippen LogP contribution in [0.25, 0.3) is 0 Å². The highest BCUT2D eigenvalue weighted by atomic mass is 16.2. The molecule has 0 radical (unpaired) electrons. The minimum absolute atomic E-state index is 0.0410. The van der Waals surface area contributed by atoms with Gasteiger partial charge in [0.05, 0.1) is 0 Å². The van der Waals surface area contributed by atoms with E-state index in [0.717, 1.165) is 36.4 Å². The van der Waals surface area contributed by atoms with Crippen LogP contribution in [0.5, 0.6) is 0 Å². The van der Waals surface area contributed by atoms with Gasteiger partial charge in [-0.1, -0.05) is 18.6 Å². The molecule has 2 fully saturated rings. The highest BCUT2D eigenvalue weighted by Gasteiger charge is 2.37. The molecule has 0 bridgehead atoms. The largest absolute Gasteiger partial charge is 0.352 e. The summed E-state index contributed by atoms with van der Waals surface area (Å²) in [4.78, 5) is 25.8. The van der Waals surface area contributed by atoms with E-state index < -0.39 is 0 Å². The van der Waals surface area contributed by atoms with Crippen LogP contribution in [0.15, 0.2) is 24.3 Å². The Hall–Kier alpha value is -1.84. The van der Waals surface area contributed by atoms with Crippen molar-refractivity contribution in [1.82, 2.24) is 10.2 Å². The van der Waals surface area contributed by atoms with Crippen molar-refractivity contribution in [1.29, 1.82) is 0 Å². The van der Waals surface area contributed by atoms with Crippen molar-refractivity contribution in [2.75, 3.05) is 6.54 Å². The molecule has 1 aliphatic heterocycles. The smallest absolute Gasteiger partial charge is 0.254 e. The van der Waals surface area contributed by atoms with Crippen molar-refractivity contribution in [3.63, 3.8) is 0 Å². The summed E-state index contributed by atoms with van der Waals surface area (Å²) in [5, 5.41) is 2.77. The van der Waals surface area contributed by atoms with Gasteiger partial charge < -0.3 is 10.2 Å². The van der Waals surface area contributed by atoms with Crippen LogP contribution in [-0.4, -0.2) is 29.3 Å². The van der Waals surface area contributed by atoms with Crippen LogP contribution in [0, 0.1) is 5.92 Å². The summed E-state index contributed by atoms with van der Waals surface area (Å²) in [7, 11) is 0. The second-order valence-electron chi connectivity index (χ2n) is 6.51. The molecule has 1 saturated carbocycles. The number of piperidine rings is 1. The van der Waals surface area contributed by atoms with Crippen molar-refractivity contribution in [2.24, 2.45) is 5.92 Å². The zero-order valence-electron chi connectivity index (χ0n) is 13.2. The van der Waals surface area contributed by atoms with Crippen LogP contribution in [0.3, 0.4) is 0 Å². The van der Waals surface area contributed by atoms with Crippen LogP contribution in [0.4, 0.5) is 0 Å². The van der Waals surface area contributed by atoms with Gasteiger partial charge in [0, 0.05) is 31.6 Å². The standard InChI is InChI=1S/C18H24N2O2/c1-13(21)19-12-14-7-9-16(10-8-14)18(22)20-11-3-5-15-4-2-6-17(15)20/h7-10,15,17H,2-6,11-12H2,1H3,(H,19,21). The van der Waals surface area contributed by atoms with Gasteiger partial charge in [0.25, 0.3) is 5.91 Å². The van der Waals surface area contributed by atoms with E-state index >= 15 is 0 Å². The zero-order valence-corrected chi connectivity index (χ0v) is 13.2. The summed E-state index contributed by atoms with van der Waals surface area (Å²) in [6, 6.07) is 8.09. The molecule has 4 nitrogen and oxygen atoms in total. The van der Waals surface area contributed by atoms with E-state index in [2.05, 4.69) is 10.2 Å². The molecular weight excluding hydrogens is 276 g/mol. The molecule has 118 valence electrons. The number of benzene rings is 1. The molecular formula is C18H24N2O2. The van der Waals surface area contributed by atoms with Gasteiger partial charge in [0.1, 0.15) is 0 Å². The topological polar surface area (TPSA) is 49.4 Å². The molecule has 4 heteroatoms. The van der Waals surface area contributed by atoms with Crippen LogP contribution >= 0.6 is 0 Å². The maximum Gasteiger partial charge on any atom is 0.254 e. The molecule has 3 rings (SSSR count). The number of hydrogen-bond donors (Lipinski definition) is 1. The first-order valence-corrected chi connectivity index (χ1v) is 8.29. The number of amides is 2. The Morgan fingerprint density at radius 2 is 1.86 bits per heavy atom. The first-order valence-electron chi connectivity index (χ1n) is 8.29. The molecule has 0 spiro atoms.